The highest BCUT2D eigenvalue weighted by Gasteiger charge is 2.07. The first kappa shape index (κ1) is 12.6. The summed E-state index contributed by atoms with van der Waals surface area (Å²) in [5, 5.41) is 4.64. The SMILES string of the molecule is CCOc1cccc(OCc2nnsc2NN)c1. The topological polar surface area (TPSA) is 82.3 Å². The van der Waals surface area contributed by atoms with Crippen molar-refractivity contribution < 1.29 is 9.47 Å². The Hall–Kier alpha value is -1.86. The molecule has 1 aromatic carbocycles. The molecule has 0 aliphatic heterocycles. The van der Waals surface area contributed by atoms with E-state index in [0.29, 0.717) is 23.9 Å². The van der Waals surface area contributed by atoms with Gasteiger partial charge in [-0.15, -0.1) is 5.10 Å². The zero-order chi connectivity index (χ0) is 12.8. The molecular formula is C11H14N4O2S. The molecule has 1 heterocycles. The van der Waals surface area contributed by atoms with Gasteiger partial charge in [0.05, 0.1) is 6.61 Å². The Morgan fingerprint density at radius 1 is 1.33 bits per heavy atom. The van der Waals surface area contributed by atoms with E-state index >= 15 is 0 Å². The molecule has 0 saturated heterocycles. The number of hydrogen-bond acceptors (Lipinski definition) is 7. The predicted octanol–water partition coefficient (Wildman–Crippen LogP) is 1.80. The quantitative estimate of drug-likeness (QED) is 0.613. The van der Waals surface area contributed by atoms with E-state index in [9.17, 15) is 0 Å². The van der Waals surface area contributed by atoms with Gasteiger partial charge in [-0.05, 0) is 19.1 Å². The summed E-state index contributed by atoms with van der Waals surface area (Å²) in [6, 6.07) is 7.45. The number of benzene rings is 1. The summed E-state index contributed by atoms with van der Waals surface area (Å²) in [6.45, 7) is 2.87. The number of aromatic nitrogens is 2. The number of rotatable bonds is 6. The molecule has 2 rings (SSSR count). The lowest BCUT2D eigenvalue weighted by atomic mass is 10.3. The summed E-state index contributed by atoms with van der Waals surface area (Å²) in [6.07, 6.45) is 0. The van der Waals surface area contributed by atoms with Gasteiger partial charge in [-0.25, -0.2) is 5.84 Å². The van der Waals surface area contributed by atoms with E-state index in [1.54, 1.807) is 0 Å². The largest absolute Gasteiger partial charge is 0.494 e. The molecule has 1 aromatic heterocycles. The lowest BCUT2D eigenvalue weighted by Gasteiger charge is -2.07. The summed E-state index contributed by atoms with van der Waals surface area (Å²) >= 11 is 1.19. The van der Waals surface area contributed by atoms with Crippen LogP contribution in [0.3, 0.4) is 0 Å². The maximum Gasteiger partial charge on any atom is 0.150 e. The van der Waals surface area contributed by atoms with Crippen molar-refractivity contribution in [2.75, 3.05) is 12.0 Å². The minimum absolute atomic E-state index is 0.311. The first-order valence-corrected chi connectivity index (χ1v) is 6.24. The Labute approximate surface area is 109 Å². The van der Waals surface area contributed by atoms with Crippen molar-refractivity contribution in [1.82, 2.24) is 9.59 Å². The Morgan fingerprint density at radius 2 is 2.11 bits per heavy atom. The van der Waals surface area contributed by atoms with Crippen LogP contribution in [0.15, 0.2) is 24.3 Å². The Kier molecular flexibility index (Phi) is 4.32. The molecule has 0 bridgehead atoms. The lowest BCUT2D eigenvalue weighted by Crippen LogP contribution is -2.08. The standard InChI is InChI=1S/C11H14N4O2S/c1-2-16-8-4-3-5-9(6-8)17-7-10-11(13-12)18-15-14-10/h3-6,13H,2,7,12H2,1H3. The number of anilines is 1. The van der Waals surface area contributed by atoms with Crippen LogP contribution >= 0.6 is 11.5 Å². The maximum absolute atomic E-state index is 5.61. The first-order valence-electron chi connectivity index (χ1n) is 5.47. The second-order valence-electron chi connectivity index (χ2n) is 3.39. The number of nitrogens with zero attached hydrogens (tertiary/aromatic N) is 2. The fraction of sp³-hybridized carbons (Fsp3) is 0.273. The van der Waals surface area contributed by atoms with E-state index in [0.717, 1.165) is 11.5 Å². The van der Waals surface area contributed by atoms with Crippen molar-refractivity contribution in [3.63, 3.8) is 0 Å². The number of ether oxygens (including phenoxy) is 2. The molecule has 0 aliphatic rings. The molecule has 0 aliphatic carbocycles. The van der Waals surface area contributed by atoms with Gasteiger partial charge >= 0.3 is 0 Å². The maximum atomic E-state index is 5.61. The summed E-state index contributed by atoms with van der Waals surface area (Å²) < 4.78 is 14.8. The van der Waals surface area contributed by atoms with Crippen LogP contribution in [0.25, 0.3) is 0 Å². The van der Waals surface area contributed by atoms with Crippen molar-refractivity contribution in [1.29, 1.82) is 0 Å². The molecule has 0 spiro atoms. The highest BCUT2D eigenvalue weighted by atomic mass is 32.1. The summed E-state index contributed by atoms with van der Waals surface area (Å²) in [7, 11) is 0. The van der Waals surface area contributed by atoms with Crippen molar-refractivity contribution in [2.45, 2.75) is 13.5 Å². The molecule has 18 heavy (non-hydrogen) atoms. The van der Waals surface area contributed by atoms with Gasteiger partial charge in [0.15, 0.2) is 5.00 Å². The molecular weight excluding hydrogens is 252 g/mol. The number of hydrazine groups is 1. The van der Waals surface area contributed by atoms with Gasteiger partial charge in [0, 0.05) is 17.6 Å². The molecule has 0 fully saturated rings. The molecule has 6 nitrogen and oxygen atoms in total. The van der Waals surface area contributed by atoms with E-state index in [1.807, 2.05) is 31.2 Å². The van der Waals surface area contributed by atoms with Gasteiger partial charge in [-0.3, -0.25) is 0 Å². The van der Waals surface area contributed by atoms with Crippen LogP contribution in [0.2, 0.25) is 0 Å². The van der Waals surface area contributed by atoms with Crippen LogP contribution in [-0.4, -0.2) is 16.2 Å². The smallest absolute Gasteiger partial charge is 0.150 e. The molecule has 0 amide bonds. The van der Waals surface area contributed by atoms with Gasteiger partial charge in [0.25, 0.3) is 0 Å². The van der Waals surface area contributed by atoms with Crippen LogP contribution in [-0.2, 0) is 6.61 Å². The zero-order valence-corrected chi connectivity index (χ0v) is 10.7. The Morgan fingerprint density at radius 3 is 2.83 bits per heavy atom. The van der Waals surface area contributed by atoms with Crippen molar-refractivity contribution >= 4 is 16.5 Å². The monoisotopic (exact) mass is 266 g/mol. The Balaban J connectivity index is 1.99. The predicted molar refractivity (Wildman–Crippen MR) is 69.7 cm³/mol. The van der Waals surface area contributed by atoms with Crippen LogP contribution in [0.1, 0.15) is 12.6 Å². The third kappa shape index (κ3) is 3.08. The van der Waals surface area contributed by atoms with Gasteiger partial charge in [0.2, 0.25) is 0 Å². The molecule has 2 aromatic rings. The normalized spacial score (nSPS) is 10.1. The summed E-state index contributed by atoms with van der Waals surface area (Å²) in [5.41, 5.74) is 3.22. The molecule has 3 N–H and O–H groups in total. The average Bonchev–Trinajstić information content (AvgIpc) is 2.84. The second kappa shape index (κ2) is 6.18. The van der Waals surface area contributed by atoms with Crippen LogP contribution in [0.5, 0.6) is 11.5 Å². The van der Waals surface area contributed by atoms with E-state index in [2.05, 4.69) is 15.0 Å². The molecule has 0 radical (unpaired) electrons. The van der Waals surface area contributed by atoms with Crippen molar-refractivity contribution in [2.24, 2.45) is 5.84 Å². The third-order valence-corrected chi connectivity index (χ3v) is 2.88. The molecule has 7 heteroatoms. The third-order valence-electron chi connectivity index (χ3n) is 2.18. The molecule has 0 saturated carbocycles. The average molecular weight is 266 g/mol. The summed E-state index contributed by atoms with van der Waals surface area (Å²) in [5.74, 6) is 6.83. The number of nitrogens with one attached hydrogen (secondary N) is 1. The minimum Gasteiger partial charge on any atom is -0.494 e. The van der Waals surface area contributed by atoms with Crippen molar-refractivity contribution in [3.05, 3.63) is 30.0 Å². The zero-order valence-electron chi connectivity index (χ0n) is 9.92. The van der Waals surface area contributed by atoms with E-state index < -0.39 is 0 Å². The van der Waals surface area contributed by atoms with E-state index in [4.69, 9.17) is 15.3 Å². The fourth-order valence-electron chi connectivity index (χ4n) is 1.38. The number of nitrogens with two attached hydrogens (primary N) is 1. The molecule has 96 valence electrons. The van der Waals surface area contributed by atoms with Gasteiger partial charge in [-0.2, -0.15) is 0 Å². The first-order chi connectivity index (χ1) is 8.83. The van der Waals surface area contributed by atoms with Crippen LogP contribution < -0.4 is 20.7 Å². The fourth-order valence-corrected chi connectivity index (χ4v) is 1.86. The second-order valence-corrected chi connectivity index (χ2v) is 4.14. The Bertz CT molecular complexity index is 503. The van der Waals surface area contributed by atoms with Gasteiger partial charge in [0.1, 0.15) is 23.8 Å². The highest BCUT2D eigenvalue weighted by Crippen LogP contribution is 2.22. The lowest BCUT2D eigenvalue weighted by molar-refractivity contribution is 0.296. The van der Waals surface area contributed by atoms with Crippen LogP contribution in [0, 0.1) is 0 Å². The highest BCUT2D eigenvalue weighted by molar-refractivity contribution is 7.10. The summed E-state index contributed by atoms with van der Waals surface area (Å²) in [4.78, 5) is 0. The van der Waals surface area contributed by atoms with Gasteiger partial charge in [-0.1, -0.05) is 10.6 Å². The van der Waals surface area contributed by atoms with E-state index in [1.165, 1.54) is 11.5 Å². The van der Waals surface area contributed by atoms with E-state index in [-0.39, 0.29) is 0 Å². The van der Waals surface area contributed by atoms with Gasteiger partial charge < -0.3 is 14.9 Å². The number of nitrogen functional groups attached to an aromatic ring is 1. The molecule has 0 unspecified atom stereocenters. The van der Waals surface area contributed by atoms with Crippen molar-refractivity contribution in [3.8, 4) is 11.5 Å². The molecule has 0 atom stereocenters. The number of hydrogen-bond donors (Lipinski definition) is 2. The minimum atomic E-state index is 0.311. The van der Waals surface area contributed by atoms with Crippen LogP contribution in [0.4, 0.5) is 5.00 Å².